The molecule has 0 amide bonds. The van der Waals surface area contributed by atoms with E-state index >= 15 is 0 Å². The molecule has 0 N–H and O–H groups in total. The zero-order valence-electron chi connectivity index (χ0n) is 16.7. The van der Waals surface area contributed by atoms with Gasteiger partial charge in [-0.2, -0.15) is 5.26 Å². The molecule has 0 bridgehead atoms. The van der Waals surface area contributed by atoms with E-state index in [1.54, 1.807) is 24.3 Å². The van der Waals surface area contributed by atoms with Crippen LogP contribution >= 0.6 is 11.6 Å². The van der Waals surface area contributed by atoms with E-state index in [2.05, 4.69) is 30.0 Å². The summed E-state index contributed by atoms with van der Waals surface area (Å²) >= 11 is 6.30. The molecule has 2 aliphatic rings. The van der Waals surface area contributed by atoms with Gasteiger partial charge in [0.15, 0.2) is 11.6 Å². The van der Waals surface area contributed by atoms with Crippen LogP contribution in [-0.4, -0.2) is 49.1 Å². The van der Waals surface area contributed by atoms with Gasteiger partial charge in [-0.15, -0.1) is 0 Å². The molecule has 6 heteroatoms. The van der Waals surface area contributed by atoms with Crippen LogP contribution in [0.1, 0.15) is 35.6 Å². The van der Waals surface area contributed by atoms with Crippen molar-refractivity contribution in [1.29, 1.82) is 5.26 Å². The molecule has 4 rings (SSSR count). The van der Waals surface area contributed by atoms with Crippen LogP contribution in [0.15, 0.2) is 36.4 Å². The predicted octanol–water partition coefficient (Wildman–Crippen LogP) is 4.42. The van der Waals surface area contributed by atoms with Gasteiger partial charge in [0.25, 0.3) is 0 Å². The van der Waals surface area contributed by atoms with Crippen molar-refractivity contribution in [3.63, 3.8) is 0 Å². The maximum atomic E-state index is 14.4. The van der Waals surface area contributed by atoms with Crippen LogP contribution in [0.5, 0.6) is 5.75 Å². The number of halogens is 2. The van der Waals surface area contributed by atoms with Gasteiger partial charge in [0, 0.05) is 17.6 Å². The molecule has 2 aromatic carbocycles. The van der Waals surface area contributed by atoms with E-state index in [-0.39, 0.29) is 23.7 Å². The molecule has 0 spiro atoms. The van der Waals surface area contributed by atoms with Crippen molar-refractivity contribution < 1.29 is 9.13 Å². The average Bonchev–Trinajstić information content (AvgIpc) is 3.07. The predicted molar refractivity (Wildman–Crippen MR) is 112 cm³/mol. The number of benzene rings is 2. The van der Waals surface area contributed by atoms with Crippen LogP contribution in [0.4, 0.5) is 4.39 Å². The molecule has 2 aromatic rings. The van der Waals surface area contributed by atoms with Crippen LogP contribution in [0, 0.1) is 17.1 Å². The molecule has 1 fully saturated rings. The van der Waals surface area contributed by atoms with Gasteiger partial charge in [-0.25, -0.2) is 4.39 Å². The van der Waals surface area contributed by atoms with E-state index in [4.69, 9.17) is 16.3 Å². The zero-order chi connectivity index (χ0) is 20.5. The molecule has 1 aliphatic carbocycles. The number of nitriles is 1. The second kappa shape index (κ2) is 8.31. The van der Waals surface area contributed by atoms with Gasteiger partial charge in [0.05, 0.1) is 17.7 Å². The summed E-state index contributed by atoms with van der Waals surface area (Å²) in [6.07, 6.45) is 2.61. The molecule has 1 heterocycles. The summed E-state index contributed by atoms with van der Waals surface area (Å²) in [5.41, 5.74) is 2.45. The van der Waals surface area contributed by atoms with Crippen LogP contribution in [-0.2, 0) is 6.42 Å². The maximum absolute atomic E-state index is 14.4. The first-order chi connectivity index (χ1) is 14.0. The molecule has 152 valence electrons. The van der Waals surface area contributed by atoms with Gasteiger partial charge in [-0.1, -0.05) is 23.7 Å². The number of piperidine rings is 1. The molecular formula is C23H25ClFN3O. The van der Waals surface area contributed by atoms with Gasteiger partial charge in [-0.05, 0) is 75.3 Å². The summed E-state index contributed by atoms with van der Waals surface area (Å²) < 4.78 is 20.6. The van der Waals surface area contributed by atoms with Gasteiger partial charge in [0.2, 0.25) is 0 Å². The van der Waals surface area contributed by atoms with Crippen molar-refractivity contribution in [3.8, 4) is 11.8 Å². The second-order valence-electron chi connectivity index (χ2n) is 8.13. The largest absolute Gasteiger partial charge is 0.481 e. The minimum atomic E-state index is -0.382. The van der Waals surface area contributed by atoms with E-state index in [9.17, 15) is 9.65 Å². The molecule has 3 atom stereocenters. The molecule has 0 aromatic heterocycles. The van der Waals surface area contributed by atoms with Gasteiger partial charge in [0.1, 0.15) is 6.10 Å². The number of para-hydroxylation sites is 1. The first-order valence-corrected chi connectivity index (χ1v) is 10.4. The monoisotopic (exact) mass is 413 g/mol. The highest BCUT2D eigenvalue weighted by atomic mass is 35.5. The van der Waals surface area contributed by atoms with E-state index in [0.29, 0.717) is 23.0 Å². The van der Waals surface area contributed by atoms with E-state index in [1.165, 1.54) is 6.07 Å². The lowest BCUT2D eigenvalue weighted by Crippen LogP contribution is -2.51. The number of ether oxygens (including phenoxy) is 1. The van der Waals surface area contributed by atoms with Crippen LogP contribution in [0.2, 0.25) is 5.02 Å². The Hall–Kier alpha value is -2.13. The molecule has 0 radical (unpaired) electrons. The lowest BCUT2D eigenvalue weighted by Gasteiger charge is -2.41. The van der Waals surface area contributed by atoms with E-state index in [1.807, 2.05) is 6.07 Å². The fraction of sp³-hybridized carbons (Fsp3) is 0.435. The minimum absolute atomic E-state index is 0.0397. The lowest BCUT2D eigenvalue weighted by molar-refractivity contribution is 0.0365. The number of fused-ring (bicyclic) bond motifs is 1. The zero-order valence-corrected chi connectivity index (χ0v) is 17.5. The third-order valence-electron chi connectivity index (χ3n) is 6.16. The molecule has 1 saturated heterocycles. The van der Waals surface area contributed by atoms with Crippen molar-refractivity contribution >= 4 is 11.6 Å². The quantitative estimate of drug-likeness (QED) is 0.743. The SMILES string of the molecule is CN(C)[C@@H]1CCCN(C2Cc3c(C#N)cc(Cl)cc3[C@@H]2Oc2ccccc2F)C1. The number of likely N-dealkylation sites (N-methyl/N-ethyl adjacent to an activating group) is 1. The Balaban J connectivity index is 1.72. The summed E-state index contributed by atoms with van der Waals surface area (Å²) in [7, 11) is 4.22. The third kappa shape index (κ3) is 3.98. The van der Waals surface area contributed by atoms with Crippen molar-refractivity contribution in [2.24, 2.45) is 0 Å². The molecule has 0 saturated carbocycles. The summed E-state index contributed by atoms with van der Waals surface area (Å²) in [6, 6.07) is 12.8. The summed E-state index contributed by atoms with van der Waals surface area (Å²) in [5, 5.41) is 10.1. The van der Waals surface area contributed by atoms with Gasteiger partial charge < -0.3 is 9.64 Å². The first-order valence-electron chi connectivity index (χ1n) is 10.0. The Morgan fingerprint density at radius 2 is 2.07 bits per heavy atom. The van der Waals surface area contributed by atoms with Crippen LogP contribution in [0.3, 0.4) is 0 Å². The molecule has 1 unspecified atom stereocenters. The topological polar surface area (TPSA) is 39.5 Å². The number of hydrogen-bond donors (Lipinski definition) is 0. The highest BCUT2D eigenvalue weighted by molar-refractivity contribution is 6.30. The van der Waals surface area contributed by atoms with Gasteiger partial charge in [-0.3, -0.25) is 4.90 Å². The Bertz CT molecular complexity index is 942. The van der Waals surface area contributed by atoms with E-state index < -0.39 is 0 Å². The summed E-state index contributed by atoms with van der Waals surface area (Å²) in [5.74, 6) is -0.151. The smallest absolute Gasteiger partial charge is 0.165 e. The first kappa shape index (κ1) is 20.2. The number of rotatable bonds is 4. The Morgan fingerprint density at radius 3 is 2.79 bits per heavy atom. The third-order valence-corrected chi connectivity index (χ3v) is 6.37. The molecule has 1 aliphatic heterocycles. The van der Waals surface area contributed by atoms with Crippen molar-refractivity contribution in [1.82, 2.24) is 9.80 Å². The Labute approximate surface area is 176 Å². The number of nitrogens with zero attached hydrogens (tertiary/aromatic N) is 3. The van der Waals surface area contributed by atoms with Gasteiger partial charge >= 0.3 is 0 Å². The Morgan fingerprint density at radius 1 is 1.28 bits per heavy atom. The van der Waals surface area contributed by atoms with Crippen molar-refractivity contribution in [2.45, 2.75) is 37.5 Å². The lowest BCUT2D eigenvalue weighted by atomic mass is 10.0. The minimum Gasteiger partial charge on any atom is -0.481 e. The molecular weight excluding hydrogens is 389 g/mol. The Kier molecular flexibility index (Phi) is 5.78. The number of hydrogen-bond acceptors (Lipinski definition) is 4. The molecule has 4 nitrogen and oxygen atoms in total. The molecule has 29 heavy (non-hydrogen) atoms. The van der Waals surface area contributed by atoms with Crippen molar-refractivity contribution in [3.05, 3.63) is 63.9 Å². The standard InChI is InChI=1S/C23H25ClFN3O/c1-27(2)17-6-5-9-28(14-17)21-12-18-15(13-26)10-16(24)11-19(18)23(21)29-22-8-4-3-7-20(22)25/h3-4,7-8,10-11,17,21,23H,5-6,9,12,14H2,1-2H3/t17-,21?,23+/m1/s1. The van der Waals surface area contributed by atoms with Crippen LogP contribution in [0.25, 0.3) is 0 Å². The fourth-order valence-corrected chi connectivity index (χ4v) is 4.84. The highest BCUT2D eigenvalue weighted by Gasteiger charge is 2.41. The normalized spacial score (nSPS) is 24.3. The average molecular weight is 414 g/mol. The summed E-state index contributed by atoms with van der Waals surface area (Å²) in [4.78, 5) is 4.70. The van der Waals surface area contributed by atoms with E-state index in [0.717, 1.165) is 37.1 Å². The fourth-order valence-electron chi connectivity index (χ4n) is 4.61. The summed E-state index contributed by atoms with van der Waals surface area (Å²) in [6.45, 7) is 1.90. The number of likely N-dealkylation sites (tertiary alicyclic amines) is 1. The van der Waals surface area contributed by atoms with Crippen LogP contribution < -0.4 is 4.74 Å². The second-order valence-corrected chi connectivity index (χ2v) is 8.56. The van der Waals surface area contributed by atoms with Crippen molar-refractivity contribution in [2.75, 3.05) is 27.2 Å². The highest BCUT2D eigenvalue weighted by Crippen LogP contribution is 2.42. The maximum Gasteiger partial charge on any atom is 0.165 e.